The van der Waals surface area contributed by atoms with Crippen LogP contribution in [0.2, 0.25) is 0 Å². The Kier molecular flexibility index (Phi) is 14.0. The van der Waals surface area contributed by atoms with Crippen molar-refractivity contribution in [3.63, 3.8) is 0 Å². The van der Waals surface area contributed by atoms with Crippen LogP contribution < -0.4 is 0 Å². The van der Waals surface area contributed by atoms with Gasteiger partial charge in [-0.05, 0) is 93.2 Å². The van der Waals surface area contributed by atoms with Crippen LogP contribution in [0, 0.1) is 12.8 Å². The lowest BCUT2D eigenvalue weighted by Crippen LogP contribution is -2.40. The zero-order valence-electron chi connectivity index (χ0n) is 25.1. The van der Waals surface area contributed by atoms with E-state index in [1.165, 1.54) is 33.4 Å². The second kappa shape index (κ2) is 15.8. The second-order valence-corrected chi connectivity index (χ2v) is 10.4. The Bertz CT molecular complexity index is 967. The van der Waals surface area contributed by atoms with Gasteiger partial charge in [0.1, 0.15) is 5.78 Å². The lowest BCUT2D eigenvalue weighted by molar-refractivity contribution is -0.129. The lowest BCUT2D eigenvalue weighted by Gasteiger charge is -2.36. The van der Waals surface area contributed by atoms with E-state index in [0.29, 0.717) is 5.78 Å². The van der Waals surface area contributed by atoms with E-state index in [2.05, 4.69) is 99.6 Å². The van der Waals surface area contributed by atoms with Crippen LogP contribution in [-0.2, 0) is 10.2 Å². The first-order valence-corrected chi connectivity index (χ1v) is 14.4. The summed E-state index contributed by atoms with van der Waals surface area (Å²) < 4.78 is 0. The molecule has 200 valence electrons. The van der Waals surface area contributed by atoms with Crippen LogP contribution in [0.4, 0.5) is 0 Å². The van der Waals surface area contributed by atoms with Gasteiger partial charge in [-0.2, -0.15) is 0 Å². The number of benzene rings is 1. The van der Waals surface area contributed by atoms with Crippen LogP contribution in [0.15, 0.2) is 52.2 Å². The van der Waals surface area contributed by atoms with E-state index < -0.39 is 0 Å². The zero-order chi connectivity index (χ0) is 27.3. The third kappa shape index (κ3) is 7.89. The highest BCUT2D eigenvalue weighted by molar-refractivity contribution is 5.92. The molecule has 0 radical (unpaired) electrons. The number of hydrogen-bond donors (Lipinski definition) is 0. The number of allylic oxidation sites excluding steroid dienone is 5. The molecule has 0 N–H and O–H groups in total. The molecule has 1 unspecified atom stereocenters. The smallest absolute Gasteiger partial charge is 0.146 e. The second-order valence-electron chi connectivity index (χ2n) is 10.4. The van der Waals surface area contributed by atoms with Gasteiger partial charge in [0.2, 0.25) is 0 Å². The van der Waals surface area contributed by atoms with Crippen molar-refractivity contribution in [2.75, 3.05) is 0 Å². The molecule has 0 bridgehead atoms. The van der Waals surface area contributed by atoms with Gasteiger partial charge < -0.3 is 0 Å². The van der Waals surface area contributed by atoms with E-state index in [0.717, 1.165) is 57.1 Å². The van der Waals surface area contributed by atoms with Crippen LogP contribution >= 0.6 is 0 Å². The first-order chi connectivity index (χ1) is 17.2. The summed E-state index contributed by atoms with van der Waals surface area (Å²) >= 11 is 0. The number of aliphatic imine (C=N–C) groups is 1. The SMILES string of the molecule is CCC=NC(=C/C(=C/CC)c1ccc(C(CCC)(CCC)C(=O)C(C)CC)c(C)c1)/C(C)=C(\C)CC. The van der Waals surface area contributed by atoms with E-state index >= 15 is 0 Å². The third-order valence-corrected chi connectivity index (χ3v) is 7.64. The molecule has 0 saturated carbocycles. The van der Waals surface area contributed by atoms with Crippen LogP contribution in [0.1, 0.15) is 130 Å². The summed E-state index contributed by atoms with van der Waals surface area (Å²) in [5.74, 6) is 0.497. The van der Waals surface area contributed by atoms with Crippen LogP contribution in [-0.4, -0.2) is 12.0 Å². The number of carbonyl (C=O) groups excluding carboxylic acids is 1. The van der Waals surface area contributed by atoms with Crippen molar-refractivity contribution >= 4 is 17.6 Å². The van der Waals surface area contributed by atoms with Gasteiger partial charge >= 0.3 is 0 Å². The van der Waals surface area contributed by atoms with Gasteiger partial charge in [-0.1, -0.05) is 91.2 Å². The maximum absolute atomic E-state index is 13.8. The van der Waals surface area contributed by atoms with E-state index in [1.807, 2.05) is 6.21 Å². The van der Waals surface area contributed by atoms with Crippen molar-refractivity contribution < 1.29 is 4.79 Å². The number of nitrogens with zero attached hydrogens (tertiary/aromatic N) is 1. The van der Waals surface area contributed by atoms with E-state index in [4.69, 9.17) is 4.99 Å². The standard InChI is InChI=1S/C34H53NO/c1-11-17-29(24-32(35-22-14-4)28(10)25(7)15-5)30-18-19-31(27(9)23-30)34(20-12-2,21-13-3)33(36)26(8)16-6/h17-19,22-24,26H,11-16,20-21H2,1-10H3/b28-25+,29-17-,32-24+,35-22?. The first-order valence-electron chi connectivity index (χ1n) is 14.4. The van der Waals surface area contributed by atoms with Gasteiger partial charge in [-0.25, -0.2) is 0 Å². The Morgan fingerprint density at radius 2 is 1.64 bits per heavy atom. The van der Waals surface area contributed by atoms with Gasteiger partial charge in [0, 0.05) is 12.1 Å². The molecular weight excluding hydrogens is 438 g/mol. The molecule has 1 aromatic carbocycles. The maximum Gasteiger partial charge on any atom is 0.146 e. The number of hydrogen-bond acceptors (Lipinski definition) is 2. The van der Waals surface area contributed by atoms with Crippen molar-refractivity contribution in [1.29, 1.82) is 0 Å². The molecule has 0 heterocycles. The molecule has 1 rings (SSSR count). The van der Waals surface area contributed by atoms with Gasteiger partial charge in [-0.15, -0.1) is 0 Å². The largest absolute Gasteiger partial charge is 0.298 e. The monoisotopic (exact) mass is 491 g/mol. The van der Waals surface area contributed by atoms with Gasteiger partial charge in [0.15, 0.2) is 0 Å². The Hall–Kier alpha value is -2.22. The molecule has 0 spiro atoms. The van der Waals surface area contributed by atoms with Gasteiger partial charge in [-0.3, -0.25) is 9.79 Å². The van der Waals surface area contributed by atoms with Crippen LogP contribution in [0.5, 0.6) is 0 Å². The number of Topliss-reactive ketones (excluding diaryl/α,β-unsaturated/α-hetero) is 1. The van der Waals surface area contributed by atoms with Crippen LogP contribution in [0.25, 0.3) is 5.57 Å². The highest BCUT2D eigenvalue weighted by Crippen LogP contribution is 2.41. The Morgan fingerprint density at radius 3 is 2.11 bits per heavy atom. The molecule has 1 aromatic rings. The Morgan fingerprint density at radius 1 is 1.00 bits per heavy atom. The molecule has 0 aromatic heterocycles. The molecule has 0 saturated heterocycles. The summed E-state index contributed by atoms with van der Waals surface area (Å²) in [6, 6.07) is 6.78. The number of aryl methyl sites for hydroxylation is 1. The fourth-order valence-electron chi connectivity index (χ4n) is 5.21. The first kappa shape index (κ1) is 31.8. The van der Waals surface area contributed by atoms with Crippen molar-refractivity contribution in [2.45, 2.75) is 126 Å². The summed E-state index contributed by atoms with van der Waals surface area (Å²) in [7, 11) is 0. The molecule has 0 fully saturated rings. The van der Waals surface area contributed by atoms with E-state index in [-0.39, 0.29) is 11.3 Å². The molecule has 0 amide bonds. The van der Waals surface area contributed by atoms with Crippen molar-refractivity contribution in [1.82, 2.24) is 0 Å². The van der Waals surface area contributed by atoms with Crippen molar-refractivity contribution in [2.24, 2.45) is 10.9 Å². The molecule has 2 nitrogen and oxygen atoms in total. The van der Waals surface area contributed by atoms with Crippen LogP contribution in [0.3, 0.4) is 0 Å². The molecule has 2 heteroatoms. The van der Waals surface area contributed by atoms with Gasteiger partial charge in [0.05, 0.1) is 11.1 Å². The van der Waals surface area contributed by atoms with Gasteiger partial charge in [0.25, 0.3) is 0 Å². The van der Waals surface area contributed by atoms with E-state index in [9.17, 15) is 4.79 Å². The van der Waals surface area contributed by atoms with E-state index in [1.54, 1.807) is 0 Å². The average molecular weight is 492 g/mol. The Labute approximate surface area is 223 Å². The topological polar surface area (TPSA) is 29.4 Å². The summed E-state index contributed by atoms with van der Waals surface area (Å²) in [6.07, 6.45) is 14.2. The minimum Gasteiger partial charge on any atom is -0.298 e. The number of ketones is 1. The Balaban J connectivity index is 3.74. The highest BCUT2D eigenvalue weighted by Gasteiger charge is 2.40. The minimum atomic E-state index is -0.389. The maximum atomic E-state index is 13.8. The summed E-state index contributed by atoms with van der Waals surface area (Å²) in [6.45, 7) is 21.7. The molecule has 0 aliphatic heterocycles. The lowest BCUT2D eigenvalue weighted by atomic mass is 9.65. The number of carbonyl (C=O) groups is 1. The third-order valence-electron chi connectivity index (χ3n) is 7.64. The fourth-order valence-corrected chi connectivity index (χ4v) is 5.21. The predicted molar refractivity (Wildman–Crippen MR) is 161 cm³/mol. The quantitative estimate of drug-likeness (QED) is 0.177. The van der Waals surface area contributed by atoms with Crippen molar-refractivity contribution in [3.05, 3.63) is 63.9 Å². The average Bonchev–Trinajstić information content (AvgIpc) is 2.88. The summed E-state index contributed by atoms with van der Waals surface area (Å²) in [4.78, 5) is 18.7. The highest BCUT2D eigenvalue weighted by atomic mass is 16.1. The predicted octanol–water partition coefficient (Wildman–Crippen LogP) is 10.4. The molecule has 0 aliphatic carbocycles. The fraction of sp³-hybridized carbons (Fsp3) is 0.588. The molecular formula is C34H53NO. The van der Waals surface area contributed by atoms with Crippen molar-refractivity contribution in [3.8, 4) is 0 Å². The zero-order valence-corrected chi connectivity index (χ0v) is 25.1. The molecule has 1 atom stereocenters. The number of rotatable bonds is 15. The normalized spacial score (nSPS) is 14.8. The summed E-state index contributed by atoms with van der Waals surface area (Å²) in [5, 5.41) is 0. The molecule has 36 heavy (non-hydrogen) atoms. The minimum absolute atomic E-state index is 0.0798. The molecule has 0 aliphatic rings. The summed E-state index contributed by atoms with van der Waals surface area (Å²) in [5.41, 5.74) is 8.10.